The summed E-state index contributed by atoms with van der Waals surface area (Å²) in [4.78, 5) is 32.0. The maximum Gasteiger partial charge on any atom is 0.338 e. The Balaban J connectivity index is 1.93. The minimum Gasteiger partial charge on any atom is -0.493 e. The molecule has 1 aliphatic heterocycles. The molecule has 1 aliphatic rings. The second kappa shape index (κ2) is 11.6. The molecular weight excluding hydrogens is 508 g/mol. The van der Waals surface area contributed by atoms with Crippen LogP contribution in [0.1, 0.15) is 37.9 Å². The van der Waals surface area contributed by atoms with E-state index in [1.54, 1.807) is 58.4 Å². The molecule has 2 aromatic carbocycles. The van der Waals surface area contributed by atoms with Crippen LogP contribution in [-0.4, -0.2) is 45.1 Å². The first-order valence-corrected chi connectivity index (χ1v) is 12.9. The highest BCUT2D eigenvalue weighted by Crippen LogP contribution is 2.36. The quantitative estimate of drug-likeness (QED) is 0.386. The van der Waals surface area contributed by atoms with E-state index >= 15 is 0 Å². The number of carbonyl (C=O) groups is 1. The van der Waals surface area contributed by atoms with Gasteiger partial charge in [0.2, 0.25) is 0 Å². The van der Waals surface area contributed by atoms with Gasteiger partial charge in [-0.3, -0.25) is 9.36 Å². The second-order valence-electron chi connectivity index (χ2n) is 8.26. The van der Waals surface area contributed by atoms with Crippen LogP contribution < -0.4 is 33.8 Å². The Morgan fingerprint density at radius 3 is 2.32 bits per heavy atom. The summed E-state index contributed by atoms with van der Waals surface area (Å²) < 4.78 is 29.3. The highest BCUT2D eigenvalue weighted by molar-refractivity contribution is 7.07. The number of rotatable bonds is 9. The number of nitrogens with zero attached hydrogens (tertiary/aromatic N) is 2. The lowest BCUT2D eigenvalue weighted by molar-refractivity contribution is -0.139. The van der Waals surface area contributed by atoms with E-state index in [1.807, 2.05) is 19.1 Å². The maximum atomic E-state index is 13.8. The van der Waals surface area contributed by atoms with Crippen LogP contribution in [-0.2, 0) is 9.53 Å². The zero-order valence-corrected chi connectivity index (χ0v) is 23.0. The van der Waals surface area contributed by atoms with E-state index in [0.717, 1.165) is 5.56 Å². The Morgan fingerprint density at radius 2 is 1.66 bits per heavy atom. The Morgan fingerprint density at radius 1 is 0.974 bits per heavy atom. The van der Waals surface area contributed by atoms with Crippen molar-refractivity contribution in [2.75, 3.05) is 34.5 Å². The number of hydrogen-bond acceptors (Lipinski definition) is 9. The second-order valence-corrected chi connectivity index (χ2v) is 9.27. The molecule has 10 heteroatoms. The van der Waals surface area contributed by atoms with E-state index in [1.165, 1.54) is 23.0 Å². The number of ether oxygens (including phenoxy) is 5. The number of fused-ring (bicyclic) bond motifs is 1. The van der Waals surface area contributed by atoms with Crippen molar-refractivity contribution in [3.8, 4) is 23.0 Å². The summed E-state index contributed by atoms with van der Waals surface area (Å²) in [6.07, 6.45) is 1.78. The number of allylic oxidation sites excluding steroid dienone is 1. The summed E-state index contributed by atoms with van der Waals surface area (Å²) in [6.45, 7) is 6.04. The van der Waals surface area contributed by atoms with Crippen LogP contribution in [0, 0.1) is 0 Å². The van der Waals surface area contributed by atoms with Gasteiger partial charge in [0.15, 0.2) is 27.8 Å². The van der Waals surface area contributed by atoms with Crippen molar-refractivity contribution in [3.63, 3.8) is 0 Å². The number of benzene rings is 2. The van der Waals surface area contributed by atoms with Crippen LogP contribution in [0.25, 0.3) is 6.08 Å². The van der Waals surface area contributed by atoms with E-state index in [4.69, 9.17) is 23.7 Å². The molecule has 9 nitrogen and oxygen atoms in total. The van der Waals surface area contributed by atoms with E-state index in [0.29, 0.717) is 55.8 Å². The number of carbonyl (C=O) groups excluding carboxylic acids is 1. The van der Waals surface area contributed by atoms with Gasteiger partial charge in [-0.05, 0) is 62.2 Å². The highest BCUT2D eigenvalue weighted by Gasteiger charge is 2.34. The van der Waals surface area contributed by atoms with Crippen LogP contribution >= 0.6 is 11.3 Å². The monoisotopic (exact) mass is 538 g/mol. The number of methoxy groups -OCH3 is 3. The van der Waals surface area contributed by atoms with Gasteiger partial charge < -0.3 is 23.7 Å². The molecule has 1 aromatic heterocycles. The van der Waals surface area contributed by atoms with Crippen molar-refractivity contribution >= 4 is 23.4 Å². The van der Waals surface area contributed by atoms with Crippen molar-refractivity contribution in [2.24, 2.45) is 4.99 Å². The highest BCUT2D eigenvalue weighted by atomic mass is 32.1. The van der Waals surface area contributed by atoms with Crippen LogP contribution in [0.2, 0.25) is 0 Å². The number of esters is 1. The fourth-order valence-corrected chi connectivity index (χ4v) is 5.38. The SMILES string of the molecule is CCOC(=O)C1=C(C)N=c2s/c(=C\c3ccc(OC)c(OCC)c3)c(=O)n2[C@@H]1c1ccc(OC)c(OC)c1. The molecule has 0 saturated carbocycles. The third-order valence-corrected chi connectivity index (χ3v) is 7.01. The average molecular weight is 539 g/mol. The maximum absolute atomic E-state index is 13.8. The molecule has 4 rings (SSSR count). The molecule has 0 unspecified atom stereocenters. The van der Waals surface area contributed by atoms with Crippen molar-refractivity contribution in [1.82, 2.24) is 4.57 Å². The minimum absolute atomic E-state index is 0.193. The van der Waals surface area contributed by atoms with Crippen LogP contribution in [0.15, 0.2) is 57.5 Å². The van der Waals surface area contributed by atoms with Crippen LogP contribution in [0.3, 0.4) is 0 Å². The van der Waals surface area contributed by atoms with Gasteiger partial charge in [0, 0.05) is 0 Å². The van der Waals surface area contributed by atoms with Gasteiger partial charge in [0.25, 0.3) is 5.56 Å². The van der Waals surface area contributed by atoms with Crippen molar-refractivity contribution in [2.45, 2.75) is 26.8 Å². The largest absolute Gasteiger partial charge is 0.493 e. The molecule has 0 saturated heterocycles. The molecule has 200 valence electrons. The fourth-order valence-electron chi connectivity index (χ4n) is 4.33. The predicted molar refractivity (Wildman–Crippen MR) is 144 cm³/mol. The normalized spacial score (nSPS) is 15.0. The molecule has 1 atom stereocenters. The molecule has 0 spiro atoms. The molecule has 0 radical (unpaired) electrons. The van der Waals surface area contributed by atoms with Gasteiger partial charge in [-0.2, -0.15) is 0 Å². The third-order valence-electron chi connectivity index (χ3n) is 6.03. The van der Waals surface area contributed by atoms with Gasteiger partial charge >= 0.3 is 5.97 Å². The van der Waals surface area contributed by atoms with Gasteiger partial charge in [-0.15, -0.1) is 0 Å². The topological polar surface area (TPSA) is 97.6 Å². The van der Waals surface area contributed by atoms with Gasteiger partial charge in [0.1, 0.15) is 0 Å². The lowest BCUT2D eigenvalue weighted by Gasteiger charge is -2.25. The standard InChI is InChI=1S/C28H30N2O7S/c1-7-36-22-13-17(9-11-20(22)34-5)14-23-26(31)30-25(18-10-12-19(33-4)21(15-18)35-6)24(27(32)37-8-2)16(3)29-28(30)38-23/h9-15,25H,7-8H2,1-6H3/b23-14-/t25-/m1/s1. The van der Waals surface area contributed by atoms with Crippen molar-refractivity contribution < 1.29 is 28.5 Å². The first kappa shape index (κ1) is 27.0. The van der Waals surface area contributed by atoms with E-state index in [9.17, 15) is 9.59 Å². The van der Waals surface area contributed by atoms with Crippen LogP contribution in [0.5, 0.6) is 23.0 Å². The van der Waals surface area contributed by atoms with E-state index < -0.39 is 12.0 Å². The van der Waals surface area contributed by atoms with E-state index in [-0.39, 0.29) is 12.2 Å². The van der Waals surface area contributed by atoms with Crippen molar-refractivity contribution in [3.05, 3.63) is 78.5 Å². The summed E-state index contributed by atoms with van der Waals surface area (Å²) in [5.41, 5.74) is 1.93. The van der Waals surface area contributed by atoms with Gasteiger partial charge in [0.05, 0.1) is 56.4 Å². The molecule has 0 aliphatic carbocycles. The minimum atomic E-state index is -0.762. The summed E-state index contributed by atoms with van der Waals surface area (Å²) in [5.74, 6) is 1.67. The Bertz CT molecular complexity index is 1570. The number of hydrogen-bond donors (Lipinski definition) is 0. The van der Waals surface area contributed by atoms with Gasteiger partial charge in [-0.25, -0.2) is 9.79 Å². The summed E-state index contributed by atoms with van der Waals surface area (Å²) in [7, 11) is 4.66. The first-order chi connectivity index (χ1) is 18.4. The summed E-state index contributed by atoms with van der Waals surface area (Å²) in [6, 6.07) is 10.0. The lowest BCUT2D eigenvalue weighted by Crippen LogP contribution is -2.39. The smallest absolute Gasteiger partial charge is 0.338 e. The predicted octanol–water partition coefficient (Wildman–Crippen LogP) is 3.22. The first-order valence-electron chi connectivity index (χ1n) is 12.1. The Labute approximate surface area is 224 Å². The summed E-state index contributed by atoms with van der Waals surface area (Å²) in [5, 5.41) is 0. The molecule has 0 amide bonds. The number of thiazole rings is 1. The van der Waals surface area contributed by atoms with Crippen molar-refractivity contribution in [1.29, 1.82) is 0 Å². The summed E-state index contributed by atoms with van der Waals surface area (Å²) >= 11 is 1.25. The fraction of sp³-hybridized carbons (Fsp3) is 0.321. The molecule has 0 fully saturated rings. The Hall–Kier alpha value is -4.05. The average Bonchev–Trinajstić information content (AvgIpc) is 3.21. The molecule has 2 heterocycles. The number of aromatic nitrogens is 1. The molecular formula is C28H30N2O7S. The van der Waals surface area contributed by atoms with Crippen LogP contribution in [0.4, 0.5) is 0 Å². The molecule has 0 bridgehead atoms. The zero-order valence-electron chi connectivity index (χ0n) is 22.2. The van der Waals surface area contributed by atoms with E-state index in [2.05, 4.69) is 4.99 Å². The molecule has 3 aromatic rings. The Kier molecular flexibility index (Phi) is 8.21. The zero-order chi connectivity index (χ0) is 27.4. The third kappa shape index (κ3) is 5.04. The molecule has 38 heavy (non-hydrogen) atoms. The van der Waals surface area contributed by atoms with Gasteiger partial charge in [-0.1, -0.05) is 23.5 Å². The lowest BCUT2D eigenvalue weighted by atomic mass is 9.95. The molecule has 0 N–H and O–H groups in total.